The molecule has 1 saturated heterocycles. The summed E-state index contributed by atoms with van der Waals surface area (Å²) in [5, 5.41) is 0. The molecule has 0 aromatic carbocycles. The average Bonchev–Trinajstić information content (AvgIpc) is 2.37. The minimum absolute atomic E-state index is 0.111. The molecule has 0 saturated carbocycles. The van der Waals surface area contributed by atoms with E-state index in [1.807, 2.05) is 12.3 Å². The number of pyridine rings is 1. The highest BCUT2D eigenvalue weighted by Gasteiger charge is 2.39. The van der Waals surface area contributed by atoms with Gasteiger partial charge < -0.3 is 0 Å². The minimum Gasteiger partial charge on any atom is -0.286 e. The van der Waals surface area contributed by atoms with Crippen molar-refractivity contribution in [3.05, 3.63) is 30.1 Å². The van der Waals surface area contributed by atoms with E-state index in [4.69, 9.17) is 25.3 Å². The fraction of sp³-hybridized carbons (Fsp3) is 0.667. The van der Waals surface area contributed by atoms with E-state index in [-0.39, 0.29) is 15.8 Å². The number of thiol groups is 2. The molecule has 0 spiro atoms. The van der Waals surface area contributed by atoms with Crippen LogP contribution in [0.1, 0.15) is 39.4 Å². The SMILES string of the molecule is CC(C)(S)N1CCN(C(C)(C)S)C(c2ccccn2)C1. The monoisotopic (exact) mass is 311 g/mol. The third-order valence-corrected chi connectivity index (χ3v) is 4.43. The fourth-order valence-electron chi connectivity index (χ4n) is 2.76. The third-order valence-electron chi connectivity index (χ3n) is 3.89. The van der Waals surface area contributed by atoms with Crippen molar-refractivity contribution >= 4 is 25.3 Å². The summed E-state index contributed by atoms with van der Waals surface area (Å²) in [5.74, 6) is 0. The van der Waals surface area contributed by atoms with Gasteiger partial charge in [0.1, 0.15) is 0 Å². The molecule has 0 radical (unpaired) electrons. The first-order chi connectivity index (χ1) is 9.19. The van der Waals surface area contributed by atoms with Crippen LogP contribution in [-0.4, -0.2) is 44.2 Å². The molecule has 20 heavy (non-hydrogen) atoms. The predicted molar refractivity (Wildman–Crippen MR) is 91.4 cm³/mol. The van der Waals surface area contributed by atoms with E-state index in [0.29, 0.717) is 0 Å². The lowest BCUT2D eigenvalue weighted by Crippen LogP contribution is -2.57. The Hall–Kier alpha value is -0.230. The van der Waals surface area contributed by atoms with E-state index in [1.54, 1.807) is 0 Å². The first-order valence-electron chi connectivity index (χ1n) is 7.07. The molecular formula is C15H25N3S2. The van der Waals surface area contributed by atoms with Gasteiger partial charge in [0, 0.05) is 25.8 Å². The van der Waals surface area contributed by atoms with Crippen LogP contribution in [0.4, 0.5) is 0 Å². The molecule has 0 bridgehead atoms. The van der Waals surface area contributed by atoms with Gasteiger partial charge in [0.25, 0.3) is 0 Å². The highest BCUT2D eigenvalue weighted by molar-refractivity contribution is 7.81. The molecule has 0 amide bonds. The van der Waals surface area contributed by atoms with Crippen molar-refractivity contribution in [2.45, 2.75) is 43.5 Å². The van der Waals surface area contributed by atoms with E-state index in [1.165, 1.54) is 0 Å². The topological polar surface area (TPSA) is 19.4 Å². The molecule has 2 heterocycles. The van der Waals surface area contributed by atoms with Crippen LogP contribution in [0.5, 0.6) is 0 Å². The first-order valence-corrected chi connectivity index (χ1v) is 7.96. The number of piperazine rings is 1. The van der Waals surface area contributed by atoms with Gasteiger partial charge in [-0.25, -0.2) is 0 Å². The summed E-state index contributed by atoms with van der Waals surface area (Å²) >= 11 is 9.49. The fourth-order valence-corrected chi connectivity index (χ4v) is 3.18. The van der Waals surface area contributed by atoms with Crippen LogP contribution in [-0.2, 0) is 0 Å². The molecule has 1 aromatic rings. The van der Waals surface area contributed by atoms with E-state index in [9.17, 15) is 0 Å². The summed E-state index contributed by atoms with van der Waals surface area (Å²) < 4.78 is 0. The van der Waals surface area contributed by atoms with Crippen LogP contribution >= 0.6 is 25.3 Å². The lowest BCUT2D eigenvalue weighted by molar-refractivity contribution is 0.0164. The van der Waals surface area contributed by atoms with Crippen LogP contribution in [0, 0.1) is 0 Å². The van der Waals surface area contributed by atoms with Gasteiger partial charge in [-0.3, -0.25) is 14.8 Å². The molecule has 0 aliphatic carbocycles. The van der Waals surface area contributed by atoms with Crippen LogP contribution in [0.25, 0.3) is 0 Å². The van der Waals surface area contributed by atoms with Crippen molar-refractivity contribution in [1.29, 1.82) is 0 Å². The van der Waals surface area contributed by atoms with Crippen molar-refractivity contribution in [3.63, 3.8) is 0 Å². The first kappa shape index (κ1) is 16.1. The Labute approximate surface area is 133 Å². The Balaban J connectivity index is 2.29. The molecule has 1 aromatic heterocycles. The Morgan fingerprint density at radius 1 is 1.10 bits per heavy atom. The Morgan fingerprint density at radius 3 is 2.30 bits per heavy atom. The zero-order chi connectivity index (χ0) is 15.0. The van der Waals surface area contributed by atoms with Gasteiger partial charge in [0.05, 0.1) is 21.5 Å². The number of hydrogen-bond donors (Lipinski definition) is 2. The predicted octanol–water partition coefficient (Wildman–Crippen LogP) is 3.07. The highest BCUT2D eigenvalue weighted by Crippen LogP contribution is 2.35. The van der Waals surface area contributed by atoms with Gasteiger partial charge in [-0.1, -0.05) is 6.07 Å². The lowest BCUT2D eigenvalue weighted by atomic mass is 10.0. The quantitative estimate of drug-likeness (QED) is 0.837. The van der Waals surface area contributed by atoms with E-state index in [2.05, 4.69) is 54.6 Å². The molecule has 112 valence electrons. The van der Waals surface area contributed by atoms with Crippen LogP contribution < -0.4 is 0 Å². The number of rotatable bonds is 3. The smallest absolute Gasteiger partial charge is 0.0661 e. The highest BCUT2D eigenvalue weighted by atomic mass is 32.1. The summed E-state index contributed by atoms with van der Waals surface area (Å²) in [4.78, 5) is 9.12. The van der Waals surface area contributed by atoms with E-state index in [0.717, 1.165) is 25.3 Å². The molecular weight excluding hydrogens is 286 g/mol. The molecule has 1 atom stereocenters. The van der Waals surface area contributed by atoms with Crippen molar-refractivity contribution in [2.24, 2.45) is 0 Å². The minimum atomic E-state index is -0.158. The van der Waals surface area contributed by atoms with Crippen LogP contribution in [0.15, 0.2) is 24.4 Å². The molecule has 1 fully saturated rings. The summed E-state index contributed by atoms with van der Waals surface area (Å²) in [5.41, 5.74) is 1.11. The second-order valence-electron chi connectivity index (χ2n) is 6.40. The molecule has 1 unspecified atom stereocenters. The van der Waals surface area contributed by atoms with Crippen LogP contribution in [0.2, 0.25) is 0 Å². The Kier molecular flexibility index (Phi) is 4.74. The second kappa shape index (κ2) is 5.87. The largest absolute Gasteiger partial charge is 0.286 e. The maximum Gasteiger partial charge on any atom is 0.0661 e. The second-order valence-corrected chi connectivity index (χ2v) is 8.59. The third kappa shape index (κ3) is 3.70. The standard InChI is InChI=1S/C15H25N3S2/c1-14(2,19)17-9-10-18(15(3,4)20)13(11-17)12-7-5-6-8-16-12/h5-8,13,19-20H,9-11H2,1-4H3. The molecule has 0 N–H and O–H groups in total. The maximum atomic E-state index is 4.77. The van der Waals surface area contributed by atoms with Gasteiger partial charge in [-0.15, -0.1) is 0 Å². The number of hydrogen-bond acceptors (Lipinski definition) is 5. The van der Waals surface area contributed by atoms with E-state index >= 15 is 0 Å². The summed E-state index contributed by atoms with van der Waals surface area (Å²) in [6, 6.07) is 6.37. The lowest BCUT2D eigenvalue weighted by Gasteiger charge is -2.50. The van der Waals surface area contributed by atoms with Crippen molar-refractivity contribution in [2.75, 3.05) is 19.6 Å². The molecule has 1 aliphatic rings. The van der Waals surface area contributed by atoms with Crippen molar-refractivity contribution < 1.29 is 0 Å². The van der Waals surface area contributed by atoms with Crippen LogP contribution in [0.3, 0.4) is 0 Å². The average molecular weight is 312 g/mol. The molecule has 1 aliphatic heterocycles. The molecule has 3 nitrogen and oxygen atoms in total. The van der Waals surface area contributed by atoms with E-state index < -0.39 is 0 Å². The zero-order valence-corrected chi connectivity index (χ0v) is 14.5. The number of nitrogens with zero attached hydrogens (tertiary/aromatic N) is 3. The molecule has 2 rings (SSSR count). The number of aromatic nitrogens is 1. The Morgan fingerprint density at radius 2 is 1.80 bits per heavy atom. The summed E-state index contributed by atoms with van der Waals surface area (Å²) in [6.07, 6.45) is 1.86. The van der Waals surface area contributed by atoms with Crippen molar-refractivity contribution in [1.82, 2.24) is 14.8 Å². The molecule has 5 heteroatoms. The normalized spacial score (nSPS) is 23.0. The Bertz CT molecular complexity index is 437. The van der Waals surface area contributed by atoms with Crippen molar-refractivity contribution in [3.8, 4) is 0 Å². The van der Waals surface area contributed by atoms with Gasteiger partial charge in [0.2, 0.25) is 0 Å². The van der Waals surface area contributed by atoms with Gasteiger partial charge >= 0.3 is 0 Å². The van der Waals surface area contributed by atoms with Gasteiger partial charge in [-0.2, -0.15) is 25.3 Å². The van der Waals surface area contributed by atoms with Gasteiger partial charge in [0.15, 0.2) is 0 Å². The summed E-state index contributed by atoms with van der Waals surface area (Å²) in [6.45, 7) is 11.5. The zero-order valence-electron chi connectivity index (χ0n) is 12.7. The summed E-state index contributed by atoms with van der Waals surface area (Å²) in [7, 11) is 0. The van der Waals surface area contributed by atoms with Gasteiger partial charge in [-0.05, 0) is 39.8 Å². The maximum absolute atomic E-state index is 4.77.